The van der Waals surface area contributed by atoms with Gasteiger partial charge in [-0.15, -0.1) is 0 Å². The molecule has 3 aromatic rings. The summed E-state index contributed by atoms with van der Waals surface area (Å²) < 4.78 is 33.5. The molecule has 144 valence electrons. The number of aryl methyl sites for hydroxylation is 1. The fraction of sp³-hybridized carbons (Fsp3) is 0.174. The molecular weight excluding hydrogens is 358 g/mol. The first-order valence-electron chi connectivity index (χ1n) is 9.01. The highest BCUT2D eigenvalue weighted by Gasteiger charge is 2.19. The van der Waals surface area contributed by atoms with Crippen LogP contribution in [0, 0.1) is 18.6 Å². The van der Waals surface area contributed by atoms with E-state index in [4.69, 9.17) is 10.5 Å². The molecule has 0 radical (unpaired) electrons. The van der Waals surface area contributed by atoms with Crippen LogP contribution in [0.15, 0.2) is 54.7 Å². The van der Waals surface area contributed by atoms with Gasteiger partial charge < -0.3 is 10.5 Å². The molecule has 0 aliphatic heterocycles. The number of hydrogen-bond acceptors (Lipinski definition) is 3. The van der Waals surface area contributed by atoms with Crippen LogP contribution < -0.4 is 10.5 Å². The van der Waals surface area contributed by atoms with E-state index in [1.807, 2.05) is 50.3 Å². The maximum absolute atomic E-state index is 14.3. The molecule has 0 aliphatic rings. The second kappa shape index (κ2) is 8.21. The third-order valence-electron chi connectivity index (χ3n) is 4.51. The summed E-state index contributed by atoms with van der Waals surface area (Å²) in [5.41, 5.74) is 10.9. The van der Waals surface area contributed by atoms with Crippen LogP contribution in [0.5, 0.6) is 5.75 Å². The molecule has 2 N–H and O–H groups in total. The zero-order valence-electron chi connectivity index (χ0n) is 16.1. The third-order valence-corrected chi connectivity index (χ3v) is 4.51. The number of aromatic nitrogens is 1. The third kappa shape index (κ3) is 3.88. The fourth-order valence-corrected chi connectivity index (χ4v) is 3.22. The summed E-state index contributed by atoms with van der Waals surface area (Å²) in [6.07, 6.45) is 4.36. The number of nitrogen functional groups attached to an aromatic ring is 1. The number of nitrogens with zero attached hydrogens (tertiary/aromatic N) is 1. The lowest BCUT2D eigenvalue weighted by Crippen LogP contribution is -2.01. The number of allylic oxidation sites excluding steroid dienone is 1. The Morgan fingerprint density at radius 3 is 2.57 bits per heavy atom. The van der Waals surface area contributed by atoms with Crippen molar-refractivity contribution >= 4 is 11.3 Å². The van der Waals surface area contributed by atoms with Crippen molar-refractivity contribution in [3.05, 3.63) is 83.2 Å². The van der Waals surface area contributed by atoms with Crippen LogP contribution in [0.25, 0.3) is 16.7 Å². The molecule has 3 nitrogen and oxygen atoms in total. The molecule has 1 aromatic heterocycles. The quantitative estimate of drug-likeness (QED) is 0.572. The molecule has 0 saturated heterocycles. The summed E-state index contributed by atoms with van der Waals surface area (Å²) in [5.74, 6) is -1.39. The van der Waals surface area contributed by atoms with Crippen molar-refractivity contribution < 1.29 is 13.5 Å². The Morgan fingerprint density at radius 2 is 1.89 bits per heavy atom. The number of benzene rings is 2. The number of ether oxygens (including phenoxy) is 1. The van der Waals surface area contributed by atoms with E-state index in [2.05, 4.69) is 4.98 Å². The lowest BCUT2D eigenvalue weighted by atomic mass is 9.92. The van der Waals surface area contributed by atoms with Crippen LogP contribution in [-0.4, -0.2) is 12.1 Å². The van der Waals surface area contributed by atoms with E-state index >= 15 is 0 Å². The van der Waals surface area contributed by atoms with Gasteiger partial charge in [-0.1, -0.05) is 25.1 Å². The van der Waals surface area contributed by atoms with Crippen molar-refractivity contribution in [1.82, 2.24) is 4.98 Å². The molecule has 0 fully saturated rings. The minimum atomic E-state index is -0.739. The maximum atomic E-state index is 14.3. The van der Waals surface area contributed by atoms with Gasteiger partial charge in [0.25, 0.3) is 0 Å². The van der Waals surface area contributed by atoms with Crippen LogP contribution >= 0.6 is 0 Å². The van der Waals surface area contributed by atoms with Gasteiger partial charge in [-0.2, -0.15) is 0 Å². The summed E-state index contributed by atoms with van der Waals surface area (Å²) >= 11 is 0. The van der Waals surface area contributed by atoms with E-state index in [1.165, 1.54) is 13.2 Å². The number of halogens is 2. The SMILES string of the molecule is CC/C=C(\c1cc(-c2cccc(N)c2)cnc1C)c1cc(F)cc(F)c1OC. The first-order chi connectivity index (χ1) is 13.4. The summed E-state index contributed by atoms with van der Waals surface area (Å²) in [6.45, 7) is 3.83. The standard InChI is InChI=1S/C23H22F2N2O/c1-4-6-19(21-11-17(24)12-22(25)23(21)28-3)20-10-16(13-27-14(20)2)15-7-5-8-18(26)9-15/h5-13H,4,26H2,1-3H3/b19-6+. The molecular formula is C23H22F2N2O. The number of rotatable bonds is 5. The molecule has 0 unspecified atom stereocenters. The van der Waals surface area contributed by atoms with Crippen molar-refractivity contribution in [1.29, 1.82) is 0 Å². The Balaban J connectivity index is 2.22. The number of pyridine rings is 1. The summed E-state index contributed by atoms with van der Waals surface area (Å²) in [7, 11) is 1.37. The number of methoxy groups -OCH3 is 1. The van der Waals surface area contributed by atoms with Crippen LogP contribution in [-0.2, 0) is 0 Å². The lowest BCUT2D eigenvalue weighted by Gasteiger charge is -2.16. The average molecular weight is 380 g/mol. The van der Waals surface area contributed by atoms with Gasteiger partial charge in [-0.25, -0.2) is 8.78 Å². The molecule has 28 heavy (non-hydrogen) atoms. The Bertz CT molecular complexity index is 1040. The van der Waals surface area contributed by atoms with E-state index in [1.54, 1.807) is 6.20 Å². The van der Waals surface area contributed by atoms with Gasteiger partial charge in [-0.3, -0.25) is 4.98 Å². The van der Waals surface area contributed by atoms with Crippen molar-refractivity contribution in [2.45, 2.75) is 20.3 Å². The molecule has 0 amide bonds. The van der Waals surface area contributed by atoms with Gasteiger partial charge >= 0.3 is 0 Å². The normalized spacial score (nSPS) is 11.5. The smallest absolute Gasteiger partial charge is 0.168 e. The molecule has 0 bridgehead atoms. The minimum Gasteiger partial charge on any atom is -0.493 e. The molecule has 2 aromatic carbocycles. The Labute approximate surface area is 163 Å². The molecule has 0 spiro atoms. The summed E-state index contributed by atoms with van der Waals surface area (Å²) in [6, 6.07) is 11.6. The van der Waals surface area contributed by atoms with Crippen molar-refractivity contribution in [2.75, 3.05) is 12.8 Å². The number of hydrogen-bond donors (Lipinski definition) is 1. The fourth-order valence-electron chi connectivity index (χ4n) is 3.22. The first-order valence-corrected chi connectivity index (χ1v) is 9.01. The lowest BCUT2D eigenvalue weighted by molar-refractivity contribution is 0.382. The summed E-state index contributed by atoms with van der Waals surface area (Å²) in [4.78, 5) is 4.50. The Kier molecular flexibility index (Phi) is 5.73. The van der Waals surface area contributed by atoms with E-state index in [0.717, 1.165) is 28.5 Å². The Hall–Kier alpha value is -3.21. The average Bonchev–Trinajstić information content (AvgIpc) is 2.66. The topological polar surface area (TPSA) is 48.1 Å². The minimum absolute atomic E-state index is 0.00913. The van der Waals surface area contributed by atoms with Gasteiger partial charge in [0.15, 0.2) is 11.6 Å². The van der Waals surface area contributed by atoms with Gasteiger partial charge in [0.05, 0.1) is 7.11 Å². The number of anilines is 1. The highest BCUT2D eigenvalue weighted by atomic mass is 19.1. The molecule has 0 aliphatic carbocycles. The molecule has 5 heteroatoms. The largest absolute Gasteiger partial charge is 0.493 e. The highest BCUT2D eigenvalue weighted by Crippen LogP contribution is 2.36. The molecule has 3 rings (SSSR count). The maximum Gasteiger partial charge on any atom is 0.168 e. The van der Waals surface area contributed by atoms with Crippen molar-refractivity contribution in [3.8, 4) is 16.9 Å². The van der Waals surface area contributed by atoms with Crippen molar-refractivity contribution in [3.63, 3.8) is 0 Å². The van der Waals surface area contributed by atoms with Crippen LogP contribution in [0.4, 0.5) is 14.5 Å². The second-order valence-electron chi connectivity index (χ2n) is 6.48. The molecule has 0 saturated carbocycles. The first kappa shape index (κ1) is 19.5. The zero-order valence-corrected chi connectivity index (χ0v) is 16.1. The van der Waals surface area contributed by atoms with Crippen LogP contribution in [0.1, 0.15) is 30.2 Å². The Morgan fingerprint density at radius 1 is 1.11 bits per heavy atom. The summed E-state index contributed by atoms with van der Waals surface area (Å²) in [5, 5.41) is 0. The monoisotopic (exact) mass is 380 g/mol. The zero-order chi connectivity index (χ0) is 20.3. The molecule has 0 atom stereocenters. The predicted octanol–water partition coefficient (Wildman–Crippen LogP) is 5.77. The van der Waals surface area contributed by atoms with Gasteiger partial charge in [0.2, 0.25) is 0 Å². The van der Waals surface area contributed by atoms with E-state index in [9.17, 15) is 8.78 Å². The van der Waals surface area contributed by atoms with Crippen molar-refractivity contribution in [2.24, 2.45) is 0 Å². The van der Waals surface area contributed by atoms with Gasteiger partial charge in [-0.05, 0) is 48.7 Å². The molecule has 1 heterocycles. The van der Waals surface area contributed by atoms with Gasteiger partial charge in [0.1, 0.15) is 5.82 Å². The van der Waals surface area contributed by atoms with E-state index in [0.29, 0.717) is 23.2 Å². The van der Waals surface area contributed by atoms with E-state index in [-0.39, 0.29) is 5.75 Å². The van der Waals surface area contributed by atoms with Gasteiger partial charge in [0, 0.05) is 40.3 Å². The van der Waals surface area contributed by atoms with Crippen LogP contribution in [0.2, 0.25) is 0 Å². The van der Waals surface area contributed by atoms with Crippen LogP contribution in [0.3, 0.4) is 0 Å². The predicted molar refractivity (Wildman–Crippen MR) is 109 cm³/mol. The highest BCUT2D eigenvalue weighted by molar-refractivity contribution is 5.85. The number of nitrogens with two attached hydrogens (primary N) is 1. The van der Waals surface area contributed by atoms with E-state index < -0.39 is 11.6 Å². The second-order valence-corrected chi connectivity index (χ2v) is 6.48.